The van der Waals surface area contributed by atoms with E-state index in [0.717, 1.165) is 0 Å². The van der Waals surface area contributed by atoms with Crippen LogP contribution in [0.25, 0.3) is 0 Å². The van der Waals surface area contributed by atoms with Crippen molar-refractivity contribution in [1.29, 1.82) is 0 Å². The number of rotatable bonds is 2. The third kappa shape index (κ3) is 1.69. The maximum atomic E-state index is 11.5. The van der Waals surface area contributed by atoms with Crippen LogP contribution in [0.15, 0.2) is 0 Å². The van der Waals surface area contributed by atoms with Crippen LogP contribution in [-0.2, 0) is 14.6 Å². The van der Waals surface area contributed by atoms with Crippen LogP contribution in [0.5, 0.6) is 0 Å². The van der Waals surface area contributed by atoms with Crippen LogP contribution in [0.1, 0.15) is 12.8 Å². The monoisotopic (exact) mass is 235 g/mol. The van der Waals surface area contributed by atoms with Crippen LogP contribution < -0.4 is 5.73 Å². The van der Waals surface area contributed by atoms with Crippen LogP contribution >= 0.6 is 0 Å². The molecule has 2 saturated heterocycles. The molecular weight excluding hydrogens is 218 g/mol. The van der Waals surface area contributed by atoms with E-state index in [9.17, 15) is 13.5 Å². The van der Waals surface area contributed by atoms with Gasteiger partial charge in [-0.15, -0.1) is 0 Å². The lowest BCUT2D eigenvalue weighted by Gasteiger charge is -2.39. The summed E-state index contributed by atoms with van der Waals surface area (Å²) in [7, 11) is -3.04. The first-order chi connectivity index (χ1) is 6.93. The van der Waals surface area contributed by atoms with Crippen molar-refractivity contribution in [3.8, 4) is 0 Å². The lowest BCUT2D eigenvalue weighted by atomic mass is 9.71. The lowest BCUT2D eigenvalue weighted by molar-refractivity contribution is -0.0702. The van der Waals surface area contributed by atoms with Crippen LogP contribution in [0.2, 0.25) is 0 Å². The summed E-state index contributed by atoms with van der Waals surface area (Å²) in [5, 5.41) is 10.4. The summed E-state index contributed by atoms with van der Waals surface area (Å²) >= 11 is 0. The molecule has 3 N–H and O–H groups in total. The molecule has 0 saturated carbocycles. The van der Waals surface area contributed by atoms with Crippen molar-refractivity contribution >= 4 is 9.84 Å². The van der Waals surface area contributed by atoms with E-state index >= 15 is 0 Å². The van der Waals surface area contributed by atoms with Gasteiger partial charge in [-0.25, -0.2) is 8.42 Å². The minimum atomic E-state index is -3.04. The summed E-state index contributed by atoms with van der Waals surface area (Å²) in [6, 6.07) is 0. The van der Waals surface area contributed by atoms with Crippen LogP contribution in [0.3, 0.4) is 0 Å². The first-order valence-corrected chi connectivity index (χ1v) is 6.96. The fourth-order valence-electron chi connectivity index (χ4n) is 2.61. The quantitative estimate of drug-likeness (QED) is 0.634. The van der Waals surface area contributed by atoms with E-state index in [4.69, 9.17) is 10.5 Å². The molecule has 88 valence electrons. The zero-order valence-corrected chi connectivity index (χ0v) is 9.42. The molecule has 2 fully saturated rings. The molecular formula is C9H17NO4S. The molecule has 0 spiro atoms. The van der Waals surface area contributed by atoms with Crippen LogP contribution in [0.4, 0.5) is 0 Å². The predicted octanol–water partition coefficient (Wildman–Crippen LogP) is -1.10. The van der Waals surface area contributed by atoms with Crippen molar-refractivity contribution < 1.29 is 18.3 Å². The van der Waals surface area contributed by atoms with E-state index in [2.05, 4.69) is 0 Å². The second-order valence-corrected chi connectivity index (χ2v) is 6.84. The minimum absolute atomic E-state index is 0.00361. The van der Waals surface area contributed by atoms with E-state index in [1.807, 2.05) is 0 Å². The van der Waals surface area contributed by atoms with Gasteiger partial charge in [-0.05, 0) is 6.42 Å². The number of hydrogen-bond acceptors (Lipinski definition) is 5. The fourth-order valence-corrected chi connectivity index (χ4v) is 4.83. The maximum absolute atomic E-state index is 11.5. The largest absolute Gasteiger partial charge is 0.387 e. The highest BCUT2D eigenvalue weighted by Gasteiger charge is 2.56. The molecule has 0 amide bonds. The highest BCUT2D eigenvalue weighted by Crippen LogP contribution is 2.45. The summed E-state index contributed by atoms with van der Waals surface area (Å²) in [6.45, 7) is 0.893. The average molecular weight is 235 g/mol. The Kier molecular flexibility index (Phi) is 2.57. The molecule has 2 aliphatic rings. The Morgan fingerprint density at radius 3 is 2.53 bits per heavy atom. The molecule has 2 unspecified atom stereocenters. The molecule has 15 heavy (non-hydrogen) atoms. The van der Waals surface area contributed by atoms with Crippen molar-refractivity contribution in [2.45, 2.75) is 18.4 Å². The molecule has 2 heterocycles. The average Bonchev–Trinajstić information content (AvgIpc) is 2.72. The van der Waals surface area contributed by atoms with Crippen molar-refractivity contribution in [3.63, 3.8) is 0 Å². The molecule has 2 rings (SSSR count). The Bertz CT molecular complexity index is 347. The molecule has 0 bridgehead atoms. The second-order valence-electron chi connectivity index (χ2n) is 4.66. The van der Waals surface area contributed by atoms with Gasteiger partial charge in [0, 0.05) is 25.0 Å². The summed E-state index contributed by atoms with van der Waals surface area (Å²) < 4.78 is 28.2. The van der Waals surface area contributed by atoms with Gasteiger partial charge in [-0.3, -0.25) is 0 Å². The molecule has 0 aromatic carbocycles. The third-order valence-corrected chi connectivity index (χ3v) is 5.59. The van der Waals surface area contributed by atoms with Gasteiger partial charge in [0.1, 0.15) is 0 Å². The predicted molar refractivity (Wildman–Crippen MR) is 55.1 cm³/mol. The topological polar surface area (TPSA) is 89.6 Å². The van der Waals surface area contributed by atoms with Gasteiger partial charge in [-0.2, -0.15) is 0 Å². The molecule has 2 aliphatic heterocycles. The van der Waals surface area contributed by atoms with Crippen LogP contribution in [-0.4, -0.2) is 50.4 Å². The Hall–Kier alpha value is -0.170. The summed E-state index contributed by atoms with van der Waals surface area (Å²) in [5.74, 6) is 0.128. The zero-order valence-electron chi connectivity index (χ0n) is 8.61. The number of aliphatic hydroxyl groups is 1. The molecule has 6 heteroatoms. The fraction of sp³-hybridized carbons (Fsp3) is 1.00. The lowest BCUT2D eigenvalue weighted by Crippen LogP contribution is -2.54. The highest BCUT2D eigenvalue weighted by molar-refractivity contribution is 7.91. The first kappa shape index (κ1) is 11.3. The Labute approximate surface area is 89.5 Å². The van der Waals surface area contributed by atoms with E-state index in [-0.39, 0.29) is 24.7 Å². The summed E-state index contributed by atoms with van der Waals surface area (Å²) in [6.07, 6.45) is 0.936. The van der Waals surface area contributed by atoms with Crippen LogP contribution in [0, 0.1) is 5.41 Å². The number of sulfone groups is 1. The third-order valence-electron chi connectivity index (χ3n) is 3.77. The van der Waals surface area contributed by atoms with Crippen molar-refractivity contribution in [2.24, 2.45) is 11.1 Å². The normalized spacial score (nSPS) is 44.7. The second kappa shape index (κ2) is 3.41. The minimum Gasteiger partial charge on any atom is -0.387 e. The van der Waals surface area contributed by atoms with Gasteiger partial charge < -0.3 is 15.6 Å². The number of ether oxygens (including phenoxy) is 1. The molecule has 0 aliphatic carbocycles. The molecule has 0 radical (unpaired) electrons. The van der Waals surface area contributed by atoms with Crippen molar-refractivity contribution in [1.82, 2.24) is 0 Å². The Balaban J connectivity index is 2.30. The number of nitrogens with two attached hydrogens (primary N) is 1. The van der Waals surface area contributed by atoms with Gasteiger partial charge in [-0.1, -0.05) is 0 Å². The van der Waals surface area contributed by atoms with E-state index < -0.39 is 20.9 Å². The first-order valence-electron chi connectivity index (χ1n) is 5.14. The van der Waals surface area contributed by atoms with Crippen molar-refractivity contribution in [2.75, 3.05) is 31.3 Å². The Morgan fingerprint density at radius 1 is 1.40 bits per heavy atom. The molecule has 5 nitrogen and oxygen atoms in total. The maximum Gasteiger partial charge on any atom is 0.151 e. The summed E-state index contributed by atoms with van der Waals surface area (Å²) in [5.41, 5.74) is 3.93. The Morgan fingerprint density at radius 2 is 2.13 bits per heavy atom. The molecule has 2 atom stereocenters. The van der Waals surface area contributed by atoms with Gasteiger partial charge in [0.2, 0.25) is 0 Å². The molecule has 0 aromatic heterocycles. The molecule has 0 aromatic rings. The van der Waals surface area contributed by atoms with Crippen molar-refractivity contribution in [3.05, 3.63) is 0 Å². The van der Waals surface area contributed by atoms with Gasteiger partial charge in [0.15, 0.2) is 9.84 Å². The van der Waals surface area contributed by atoms with E-state index in [1.54, 1.807) is 0 Å². The van der Waals surface area contributed by atoms with Gasteiger partial charge >= 0.3 is 0 Å². The number of hydrogen-bond donors (Lipinski definition) is 2. The summed E-state index contributed by atoms with van der Waals surface area (Å²) in [4.78, 5) is 0. The smallest absolute Gasteiger partial charge is 0.151 e. The highest BCUT2D eigenvalue weighted by atomic mass is 32.2. The SMILES string of the molecule is NCC1(C2(O)CCOC2)CCS(=O)(=O)C1. The van der Waals surface area contributed by atoms with E-state index in [0.29, 0.717) is 19.4 Å². The zero-order chi connectivity index (χ0) is 11.2. The standard InChI is InChI=1S/C9H17NO4S/c10-5-8(2-4-15(12,13)7-8)9(11)1-3-14-6-9/h11H,1-7,10H2. The van der Waals surface area contributed by atoms with E-state index in [1.165, 1.54) is 0 Å². The van der Waals surface area contributed by atoms with Gasteiger partial charge in [0.05, 0.1) is 23.7 Å². The van der Waals surface area contributed by atoms with Gasteiger partial charge in [0.25, 0.3) is 0 Å².